The van der Waals surface area contributed by atoms with Crippen LogP contribution in [0.2, 0.25) is 0 Å². The molecule has 0 bridgehead atoms. The molecule has 2 N–H and O–H groups in total. The second-order valence-corrected chi connectivity index (χ2v) is 5.24. The number of hydrogen-bond acceptors (Lipinski definition) is 6. The van der Waals surface area contributed by atoms with Crippen LogP contribution in [-0.4, -0.2) is 60.8 Å². The minimum Gasteiger partial charge on any atom is -0.481 e. The molecular formula is C17H22N2O7. The Morgan fingerprint density at radius 3 is 1.92 bits per heavy atom. The number of carboxylic acids is 1. The third kappa shape index (κ3) is 6.42. The largest absolute Gasteiger partial charge is 0.481 e. The van der Waals surface area contributed by atoms with Gasteiger partial charge in [0.1, 0.15) is 0 Å². The van der Waals surface area contributed by atoms with E-state index in [1.807, 2.05) is 0 Å². The highest BCUT2D eigenvalue weighted by atomic mass is 16.5. The van der Waals surface area contributed by atoms with Crippen molar-refractivity contribution in [2.45, 2.75) is 20.3 Å². The molecule has 9 heteroatoms. The Kier molecular flexibility index (Phi) is 8.07. The molecule has 0 saturated carbocycles. The van der Waals surface area contributed by atoms with Crippen molar-refractivity contribution in [1.82, 2.24) is 4.90 Å². The van der Waals surface area contributed by atoms with Gasteiger partial charge in [-0.25, -0.2) is 14.4 Å². The van der Waals surface area contributed by atoms with Gasteiger partial charge >= 0.3 is 23.9 Å². The standard InChI is InChI=1S/C17H22N2O7/c1-4-25-15(22)11-8-12(16(23)26-5-2)10-13(9-11)18-17(24)19(3)7-6-14(20)21/h8-10H,4-7H2,1-3H3,(H,18,24)(H,20,21). The highest BCUT2D eigenvalue weighted by Gasteiger charge is 2.17. The molecule has 0 fully saturated rings. The molecular weight excluding hydrogens is 344 g/mol. The number of urea groups is 1. The van der Waals surface area contributed by atoms with Gasteiger partial charge in [-0.05, 0) is 32.0 Å². The van der Waals surface area contributed by atoms with Crippen LogP contribution in [0.5, 0.6) is 0 Å². The van der Waals surface area contributed by atoms with Crippen LogP contribution in [0.4, 0.5) is 10.5 Å². The number of nitrogens with one attached hydrogen (secondary N) is 1. The molecule has 0 aliphatic carbocycles. The molecule has 0 unspecified atom stereocenters. The minimum atomic E-state index is -1.03. The second-order valence-electron chi connectivity index (χ2n) is 5.24. The van der Waals surface area contributed by atoms with E-state index in [9.17, 15) is 19.2 Å². The lowest BCUT2D eigenvalue weighted by Gasteiger charge is -2.17. The average molecular weight is 366 g/mol. The van der Waals surface area contributed by atoms with Gasteiger partial charge in [0.05, 0.1) is 30.8 Å². The second kappa shape index (κ2) is 10.0. The summed E-state index contributed by atoms with van der Waals surface area (Å²) in [6.45, 7) is 3.61. The molecule has 0 heterocycles. The van der Waals surface area contributed by atoms with Gasteiger partial charge in [0.15, 0.2) is 0 Å². The van der Waals surface area contributed by atoms with E-state index in [1.165, 1.54) is 30.1 Å². The number of aliphatic carboxylic acids is 1. The molecule has 0 radical (unpaired) electrons. The molecule has 0 saturated heterocycles. The van der Waals surface area contributed by atoms with Gasteiger partial charge in [-0.15, -0.1) is 0 Å². The summed E-state index contributed by atoms with van der Waals surface area (Å²) in [5, 5.41) is 11.2. The monoisotopic (exact) mass is 366 g/mol. The fraction of sp³-hybridized carbons (Fsp3) is 0.412. The van der Waals surface area contributed by atoms with E-state index in [0.29, 0.717) is 0 Å². The van der Waals surface area contributed by atoms with Crippen molar-refractivity contribution in [2.75, 3.05) is 32.1 Å². The third-order valence-electron chi connectivity index (χ3n) is 3.21. The molecule has 26 heavy (non-hydrogen) atoms. The molecule has 1 aromatic rings. The van der Waals surface area contributed by atoms with E-state index in [2.05, 4.69) is 5.32 Å². The van der Waals surface area contributed by atoms with E-state index in [-0.39, 0.29) is 43.0 Å². The fourth-order valence-corrected chi connectivity index (χ4v) is 1.95. The molecule has 9 nitrogen and oxygen atoms in total. The number of carbonyl (C=O) groups is 4. The Labute approximate surface area is 150 Å². The zero-order valence-corrected chi connectivity index (χ0v) is 14.9. The number of amides is 2. The maximum absolute atomic E-state index is 12.1. The van der Waals surface area contributed by atoms with Crippen LogP contribution >= 0.6 is 0 Å². The number of carbonyl (C=O) groups excluding carboxylic acids is 3. The lowest BCUT2D eigenvalue weighted by Crippen LogP contribution is -2.33. The van der Waals surface area contributed by atoms with Crippen molar-refractivity contribution in [3.8, 4) is 0 Å². The number of rotatable bonds is 8. The Bertz CT molecular complexity index is 651. The number of carboxylic acid groups (broad SMARTS) is 1. The molecule has 0 aliphatic rings. The predicted octanol–water partition coefficient (Wildman–Crippen LogP) is 1.98. The smallest absolute Gasteiger partial charge is 0.338 e. The van der Waals surface area contributed by atoms with Crippen molar-refractivity contribution in [1.29, 1.82) is 0 Å². The summed E-state index contributed by atoms with van der Waals surface area (Å²) in [5.41, 5.74) is 0.354. The highest BCUT2D eigenvalue weighted by molar-refractivity contribution is 5.99. The number of ether oxygens (including phenoxy) is 2. The van der Waals surface area contributed by atoms with Gasteiger partial charge in [0, 0.05) is 19.3 Å². The van der Waals surface area contributed by atoms with Crippen molar-refractivity contribution < 1.29 is 33.8 Å². The van der Waals surface area contributed by atoms with Gasteiger partial charge in [0.2, 0.25) is 0 Å². The number of anilines is 1. The van der Waals surface area contributed by atoms with Crippen LogP contribution < -0.4 is 5.32 Å². The summed E-state index contributed by atoms with van der Waals surface area (Å²) in [6, 6.07) is 3.47. The maximum Gasteiger partial charge on any atom is 0.338 e. The number of esters is 2. The van der Waals surface area contributed by atoms with Crippen molar-refractivity contribution in [3.05, 3.63) is 29.3 Å². The quantitative estimate of drug-likeness (QED) is 0.674. The molecule has 0 spiro atoms. The van der Waals surface area contributed by atoms with Crippen LogP contribution in [0, 0.1) is 0 Å². The van der Waals surface area contributed by atoms with Crippen molar-refractivity contribution >= 4 is 29.6 Å². The molecule has 0 atom stereocenters. The predicted molar refractivity (Wildman–Crippen MR) is 92.3 cm³/mol. The summed E-state index contributed by atoms with van der Waals surface area (Å²) in [6.07, 6.45) is -0.207. The molecule has 142 valence electrons. The minimum absolute atomic E-state index is 0.00344. The Hall–Kier alpha value is -3.10. The summed E-state index contributed by atoms with van der Waals surface area (Å²) >= 11 is 0. The van der Waals surface area contributed by atoms with Gasteiger partial charge in [-0.1, -0.05) is 0 Å². The van der Waals surface area contributed by atoms with Gasteiger partial charge in [0.25, 0.3) is 0 Å². The van der Waals surface area contributed by atoms with Crippen molar-refractivity contribution in [2.24, 2.45) is 0 Å². The summed E-state index contributed by atoms with van der Waals surface area (Å²) in [4.78, 5) is 47.8. The van der Waals surface area contributed by atoms with Gasteiger partial charge < -0.3 is 24.8 Å². The normalized spacial score (nSPS) is 9.96. The van der Waals surface area contributed by atoms with E-state index in [1.54, 1.807) is 13.8 Å². The van der Waals surface area contributed by atoms with Crippen LogP contribution in [0.15, 0.2) is 18.2 Å². The Balaban J connectivity index is 3.04. The van der Waals surface area contributed by atoms with E-state index in [4.69, 9.17) is 14.6 Å². The molecule has 2 amide bonds. The topological polar surface area (TPSA) is 122 Å². The zero-order valence-electron chi connectivity index (χ0n) is 14.9. The number of benzene rings is 1. The van der Waals surface area contributed by atoms with E-state index in [0.717, 1.165) is 0 Å². The molecule has 1 rings (SSSR count). The van der Waals surface area contributed by atoms with Crippen LogP contribution in [0.3, 0.4) is 0 Å². The molecule has 0 aliphatic heterocycles. The molecule has 0 aromatic heterocycles. The van der Waals surface area contributed by atoms with Crippen LogP contribution in [0.25, 0.3) is 0 Å². The molecule has 1 aromatic carbocycles. The first kappa shape index (κ1) is 20.9. The first-order valence-corrected chi connectivity index (χ1v) is 8.01. The van der Waals surface area contributed by atoms with Crippen molar-refractivity contribution in [3.63, 3.8) is 0 Å². The Morgan fingerprint density at radius 2 is 1.50 bits per heavy atom. The van der Waals surface area contributed by atoms with E-state index >= 15 is 0 Å². The first-order valence-electron chi connectivity index (χ1n) is 8.01. The summed E-state index contributed by atoms with van der Waals surface area (Å²) in [7, 11) is 1.43. The SMILES string of the molecule is CCOC(=O)c1cc(NC(=O)N(C)CCC(=O)O)cc(C(=O)OCC)c1. The van der Waals surface area contributed by atoms with Crippen LogP contribution in [-0.2, 0) is 14.3 Å². The van der Waals surface area contributed by atoms with E-state index < -0.39 is 23.9 Å². The van der Waals surface area contributed by atoms with Gasteiger partial charge in [-0.3, -0.25) is 4.79 Å². The summed E-state index contributed by atoms with van der Waals surface area (Å²) in [5.74, 6) is -2.32. The number of hydrogen-bond donors (Lipinski definition) is 2. The lowest BCUT2D eigenvalue weighted by atomic mass is 10.1. The maximum atomic E-state index is 12.1. The zero-order chi connectivity index (χ0) is 19.7. The van der Waals surface area contributed by atoms with Crippen LogP contribution in [0.1, 0.15) is 41.0 Å². The summed E-state index contributed by atoms with van der Waals surface area (Å²) < 4.78 is 9.83. The fourth-order valence-electron chi connectivity index (χ4n) is 1.95. The first-order chi connectivity index (χ1) is 12.3. The third-order valence-corrected chi connectivity index (χ3v) is 3.21. The highest BCUT2D eigenvalue weighted by Crippen LogP contribution is 2.18. The van der Waals surface area contributed by atoms with Gasteiger partial charge in [-0.2, -0.15) is 0 Å². The average Bonchev–Trinajstić information content (AvgIpc) is 2.59. The Morgan fingerprint density at radius 1 is 1.00 bits per heavy atom. The number of nitrogens with zero attached hydrogens (tertiary/aromatic N) is 1. The lowest BCUT2D eigenvalue weighted by molar-refractivity contribution is -0.137.